The molecule has 0 spiro atoms. The first-order valence-electron chi connectivity index (χ1n) is 6.12. The number of anilines is 1. The normalized spacial score (nSPS) is 18.2. The van der Waals surface area contributed by atoms with Crippen molar-refractivity contribution in [3.05, 3.63) is 49.1 Å². The fourth-order valence-corrected chi connectivity index (χ4v) is 4.05. The highest BCUT2D eigenvalue weighted by Gasteiger charge is 2.21. The molecule has 1 aliphatic rings. The van der Waals surface area contributed by atoms with Gasteiger partial charge in [0.2, 0.25) is 0 Å². The first kappa shape index (κ1) is 13.6. The quantitative estimate of drug-likeness (QED) is 0.646. The van der Waals surface area contributed by atoms with E-state index < -0.39 is 0 Å². The summed E-state index contributed by atoms with van der Waals surface area (Å²) in [5, 5.41) is 7.26. The predicted octanol–water partition coefficient (Wildman–Crippen LogP) is 6.20. The summed E-state index contributed by atoms with van der Waals surface area (Å²) in [6, 6.07) is 5.99. The van der Waals surface area contributed by atoms with Crippen molar-refractivity contribution < 1.29 is 0 Å². The van der Waals surface area contributed by atoms with Crippen LogP contribution in [0.5, 0.6) is 0 Å². The Balaban J connectivity index is 1.89. The van der Waals surface area contributed by atoms with Gasteiger partial charge >= 0.3 is 0 Å². The van der Waals surface area contributed by atoms with Crippen molar-refractivity contribution in [3.63, 3.8) is 0 Å². The second-order valence-corrected chi connectivity index (χ2v) is 6.86. The molecule has 1 aliphatic carbocycles. The molecule has 1 heterocycles. The van der Waals surface area contributed by atoms with E-state index in [2.05, 4.69) is 16.8 Å². The maximum atomic E-state index is 6.22. The van der Waals surface area contributed by atoms with Gasteiger partial charge in [0.15, 0.2) is 0 Å². The number of rotatable bonds is 2. The zero-order chi connectivity index (χ0) is 13.4. The van der Waals surface area contributed by atoms with Gasteiger partial charge in [0, 0.05) is 4.88 Å². The number of thiophene rings is 1. The van der Waals surface area contributed by atoms with E-state index in [4.69, 9.17) is 34.8 Å². The molecular weight excluding hydrogens is 321 g/mol. The van der Waals surface area contributed by atoms with Crippen LogP contribution in [0, 0.1) is 0 Å². The molecule has 1 aromatic carbocycles. The molecule has 19 heavy (non-hydrogen) atoms. The minimum Gasteiger partial charge on any atom is -0.377 e. The molecule has 2 aromatic rings. The standard InChI is InChI=1S/C14H12Cl3NS/c15-9-6-11(17)13(7-10(9)16)18-12-2-1-3-14-8(12)4-5-19-14/h4-7,12,18H,1-3H2. The Morgan fingerprint density at radius 1 is 1.11 bits per heavy atom. The summed E-state index contributed by atoms with van der Waals surface area (Å²) < 4.78 is 0. The Kier molecular flexibility index (Phi) is 3.95. The van der Waals surface area contributed by atoms with Gasteiger partial charge in [-0.05, 0) is 48.4 Å². The third kappa shape index (κ3) is 2.73. The molecule has 0 saturated heterocycles. The van der Waals surface area contributed by atoms with Crippen molar-refractivity contribution in [1.29, 1.82) is 0 Å². The molecule has 100 valence electrons. The topological polar surface area (TPSA) is 12.0 Å². The van der Waals surface area contributed by atoms with Crippen LogP contribution in [-0.4, -0.2) is 0 Å². The van der Waals surface area contributed by atoms with E-state index in [1.165, 1.54) is 23.3 Å². The number of fused-ring (bicyclic) bond motifs is 1. The van der Waals surface area contributed by atoms with Crippen LogP contribution in [0.15, 0.2) is 23.6 Å². The second kappa shape index (κ2) is 5.53. The minimum absolute atomic E-state index is 0.310. The molecule has 1 aromatic heterocycles. The van der Waals surface area contributed by atoms with E-state index in [-0.39, 0.29) is 0 Å². The van der Waals surface area contributed by atoms with E-state index in [1.807, 2.05) is 11.3 Å². The molecule has 1 atom stereocenters. The number of hydrogen-bond acceptors (Lipinski definition) is 2. The maximum Gasteiger partial charge on any atom is 0.0653 e. The minimum atomic E-state index is 0.310. The van der Waals surface area contributed by atoms with Crippen molar-refractivity contribution >= 4 is 51.8 Å². The number of halogens is 3. The lowest BCUT2D eigenvalue weighted by Crippen LogP contribution is -2.15. The molecule has 0 fully saturated rings. The highest BCUT2D eigenvalue weighted by molar-refractivity contribution is 7.10. The summed E-state index contributed by atoms with van der Waals surface area (Å²) in [5.41, 5.74) is 2.23. The largest absolute Gasteiger partial charge is 0.377 e. The van der Waals surface area contributed by atoms with Gasteiger partial charge in [0.05, 0.1) is 26.8 Å². The SMILES string of the molecule is Clc1cc(Cl)c(NC2CCCc3sccc32)cc1Cl. The van der Waals surface area contributed by atoms with Crippen LogP contribution in [0.2, 0.25) is 15.1 Å². The molecule has 0 amide bonds. The Hall–Kier alpha value is -0.410. The van der Waals surface area contributed by atoms with Crippen LogP contribution in [0.25, 0.3) is 0 Å². The average molecular weight is 333 g/mol. The van der Waals surface area contributed by atoms with Crippen molar-refractivity contribution in [2.24, 2.45) is 0 Å². The van der Waals surface area contributed by atoms with Gasteiger partial charge in [-0.3, -0.25) is 0 Å². The van der Waals surface area contributed by atoms with Crippen molar-refractivity contribution in [1.82, 2.24) is 0 Å². The molecule has 0 saturated carbocycles. The third-order valence-electron chi connectivity index (χ3n) is 3.39. The van der Waals surface area contributed by atoms with Gasteiger partial charge < -0.3 is 5.32 Å². The Morgan fingerprint density at radius 2 is 1.89 bits per heavy atom. The molecule has 1 N–H and O–H groups in total. The molecular formula is C14H12Cl3NS. The Bertz CT molecular complexity index is 609. The molecule has 0 radical (unpaired) electrons. The lowest BCUT2D eigenvalue weighted by molar-refractivity contribution is 0.609. The monoisotopic (exact) mass is 331 g/mol. The zero-order valence-electron chi connectivity index (χ0n) is 10.1. The summed E-state index contributed by atoms with van der Waals surface area (Å²) in [4.78, 5) is 1.47. The number of benzene rings is 1. The van der Waals surface area contributed by atoms with Crippen molar-refractivity contribution in [2.75, 3.05) is 5.32 Å². The lowest BCUT2D eigenvalue weighted by Gasteiger charge is -2.25. The van der Waals surface area contributed by atoms with Crippen molar-refractivity contribution in [3.8, 4) is 0 Å². The number of hydrogen-bond donors (Lipinski definition) is 1. The molecule has 0 aliphatic heterocycles. The number of nitrogens with one attached hydrogen (secondary N) is 1. The van der Waals surface area contributed by atoms with E-state index in [1.54, 1.807) is 12.1 Å². The molecule has 1 unspecified atom stereocenters. The third-order valence-corrected chi connectivity index (χ3v) is 5.42. The summed E-state index contributed by atoms with van der Waals surface area (Å²) in [5.74, 6) is 0. The van der Waals surface area contributed by atoms with Gasteiger partial charge in [-0.25, -0.2) is 0 Å². The summed E-state index contributed by atoms with van der Waals surface area (Å²) in [6.45, 7) is 0. The van der Waals surface area contributed by atoms with Gasteiger partial charge in [-0.2, -0.15) is 0 Å². The van der Waals surface area contributed by atoms with Crippen molar-refractivity contribution in [2.45, 2.75) is 25.3 Å². The van der Waals surface area contributed by atoms with Crippen LogP contribution >= 0.6 is 46.1 Å². The molecule has 5 heteroatoms. The number of aryl methyl sites for hydroxylation is 1. The van der Waals surface area contributed by atoms with Gasteiger partial charge in [0.1, 0.15) is 0 Å². The van der Waals surface area contributed by atoms with Crippen LogP contribution < -0.4 is 5.32 Å². The van der Waals surface area contributed by atoms with E-state index in [0.717, 1.165) is 12.1 Å². The first-order chi connectivity index (χ1) is 9.15. The fraction of sp³-hybridized carbons (Fsp3) is 0.286. The second-order valence-electron chi connectivity index (χ2n) is 4.63. The molecule has 3 rings (SSSR count). The van der Waals surface area contributed by atoms with E-state index in [0.29, 0.717) is 21.1 Å². The molecule has 1 nitrogen and oxygen atoms in total. The highest BCUT2D eigenvalue weighted by Crippen LogP contribution is 2.39. The summed E-state index contributed by atoms with van der Waals surface area (Å²) in [7, 11) is 0. The maximum absolute atomic E-state index is 6.22. The smallest absolute Gasteiger partial charge is 0.0653 e. The van der Waals surface area contributed by atoms with Crippen LogP contribution in [-0.2, 0) is 6.42 Å². The Labute approximate surface area is 131 Å². The fourth-order valence-electron chi connectivity index (χ4n) is 2.46. The molecule has 0 bridgehead atoms. The average Bonchev–Trinajstić information content (AvgIpc) is 2.85. The van der Waals surface area contributed by atoms with Gasteiger partial charge in [-0.1, -0.05) is 34.8 Å². The summed E-state index contributed by atoms with van der Waals surface area (Å²) >= 11 is 20.1. The predicted molar refractivity (Wildman–Crippen MR) is 85.1 cm³/mol. The Morgan fingerprint density at radius 3 is 2.74 bits per heavy atom. The van der Waals surface area contributed by atoms with Crippen LogP contribution in [0.3, 0.4) is 0 Å². The van der Waals surface area contributed by atoms with Crippen LogP contribution in [0.4, 0.5) is 5.69 Å². The van der Waals surface area contributed by atoms with Gasteiger partial charge in [0.25, 0.3) is 0 Å². The lowest BCUT2D eigenvalue weighted by atomic mass is 9.94. The van der Waals surface area contributed by atoms with E-state index in [9.17, 15) is 0 Å². The first-order valence-corrected chi connectivity index (χ1v) is 8.14. The van der Waals surface area contributed by atoms with Crippen LogP contribution in [0.1, 0.15) is 29.3 Å². The summed E-state index contributed by atoms with van der Waals surface area (Å²) in [6.07, 6.45) is 3.49. The van der Waals surface area contributed by atoms with Gasteiger partial charge in [-0.15, -0.1) is 11.3 Å². The van der Waals surface area contributed by atoms with E-state index >= 15 is 0 Å². The zero-order valence-corrected chi connectivity index (χ0v) is 13.1. The highest BCUT2D eigenvalue weighted by atomic mass is 35.5.